The van der Waals surface area contributed by atoms with Gasteiger partial charge in [0.25, 0.3) is 5.91 Å². The largest absolute Gasteiger partial charge is 0.368 e. The van der Waals surface area contributed by atoms with E-state index in [-0.39, 0.29) is 16.9 Å². The van der Waals surface area contributed by atoms with Gasteiger partial charge in [-0.05, 0) is 19.8 Å². The van der Waals surface area contributed by atoms with Crippen LogP contribution in [0.5, 0.6) is 0 Å². The van der Waals surface area contributed by atoms with E-state index in [2.05, 4.69) is 4.90 Å². The molecule has 0 saturated carbocycles. The summed E-state index contributed by atoms with van der Waals surface area (Å²) in [6, 6.07) is 0. The fraction of sp³-hybridized carbons (Fsp3) is 0.733. The monoisotopic (exact) mass is 325 g/mol. The van der Waals surface area contributed by atoms with Gasteiger partial charge >= 0.3 is 4.87 Å². The fourth-order valence-electron chi connectivity index (χ4n) is 3.08. The Morgan fingerprint density at radius 2 is 2.09 bits per heavy atom. The molecule has 0 radical (unpaired) electrons. The molecule has 2 aliphatic heterocycles. The van der Waals surface area contributed by atoms with Gasteiger partial charge < -0.3 is 14.2 Å². The lowest BCUT2D eigenvalue weighted by Crippen LogP contribution is -2.51. The number of nitrogens with zero attached hydrogens (tertiary/aromatic N) is 3. The van der Waals surface area contributed by atoms with Crippen LogP contribution in [0.1, 0.15) is 18.5 Å². The molecule has 1 aromatic heterocycles. The number of thiazole rings is 1. The Labute approximate surface area is 134 Å². The van der Waals surface area contributed by atoms with Gasteiger partial charge in [0.15, 0.2) is 0 Å². The number of hydrogen-bond acceptors (Lipinski definition) is 5. The Kier molecular flexibility index (Phi) is 4.95. The smallest absolute Gasteiger partial charge is 0.307 e. The summed E-state index contributed by atoms with van der Waals surface area (Å²) in [5, 5.41) is 1.90. The molecule has 2 fully saturated rings. The number of aryl methyl sites for hydroxylation is 1. The quantitative estimate of drug-likeness (QED) is 0.811. The molecule has 3 heterocycles. The van der Waals surface area contributed by atoms with E-state index in [0.29, 0.717) is 6.61 Å². The number of carbonyl (C=O) groups is 1. The lowest BCUT2D eigenvalue weighted by molar-refractivity contribution is -0.142. The highest BCUT2D eigenvalue weighted by molar-refractivity contribution is 7.07. The summed E-state index contributed by atoms with van der Waals surface area (Å²) in [5.74, 6) is 0.155. The molecule has 1 amide bonds. The molecule has 1 aromatic rings. The number of hydrogen-bond donors (Lipinski definition) is 0. The molecule has 0 N–H and O–H groups in total. The zero-order chi connectivity index (χ0) is 15.5. The van der Waals surface area contributed by atoms with E-state index >= 15 is 0 Å². The van der Waals surface area contributed by atoms with Gasteiger partial charge in [-0.1, -0.05) is 11.3 Å². The van der Waals surface area contributed by atoms with Crippen LogP contribution >= 0.6 is 11.3 Å². The van der Waals surface area contributed by atoms with E-state index in [1.807, 2.05) is 21.8 Å². The minimum atomic E-state index is -0.210. The van der Waals surface area contributed by atoms with Crippen LogP contribution in [0.2, 0.25) is 0 Å². The van der Waals surface area contributed by atoms with Gasteiger partial charge in [0.1, 0.15) is 6.10 Å². The highest BCUT2D eigenvalue weighted by Gasteiger charge is 2.30. The normalized spacial score (nSPS) is 23.1. The summed E-state index contributed by atoms with van der Waals surface area (Å²) in [7, 11) is 0. The first-order valence-corrected chi connectivity index (χ1v) is 8.81. The van der Waals surface area contributed by atoms with Gasteiger partial charge in [-0.3, -0.25) is 14.5 Å². The Balaban J connectivity index is 1.45. The molecule has 0 aliphatic carbocycles. The van der Waals surface area contributed by atoms with Crippen molar-refractivity contribution in [2.75, 3.05) is 39.3 Å². The maximum absolute atomic E-state index is 12.3. The van der Waals surface area contributed by atoms with E-state index in [4.69, 9.17) is 4.74 Å². The van der Waals surface area contributed by atoms with Crippen molar-refractivity contribution in [1.29, 1.82) is 0 Å². The van der Waals surface area contributed by atoms with Crippen LogP contribution in [0, 0.1) is 6.92 Å². The van der Waals surface area contributed by atoms with Gasteiger partial charge in [-0.15, -0.1) is 0 Å². The van der Waals surface area contributed by atoms with Gasteiger partial charge in [0.05, 0.1) is 0 Å². The SMILES string of the molecule is Cc1csc(=O)n1CCN1CCN(C(=O)[C@@H]2CCCO2)CC1. The second kappa shape index (κ2) is 6.93. The van der Waals surface area contributed by atoms with Crippen LogP contribution < -0.4 is 4.87 Å². The standard InChI is InChI=1S/C15H23N3O3S/c1-12-11-22-15(20)18(12)9-6-16-4-7-17(8-5-16)14(19)13-3-2-10-21-13/h11,13H,2-10H2,1H3/t13-/m0/s1. The molecule has 7 heteroatoms. The average Bonchev–Trinajstić information content (AvgIpc) is 3.17. The zero-order valence-electron chi connectivity index (χ0n) is 13.0. The molecular formula is C15H23N3O3S. The van der Waals surface area contributed by atoms with Crippen LogP contribution in [-0.4, -0.2) is 65.7 Å². The molecule has 122 valence electrons. The van der Waals surface area contributed by atoms with Gasteiger partial charge in [0, 0.05) is 56.9 Å². The van der Waals surface area contributed by atoms with Crippen molar-refractivity contribution in [3.8, 4) is 0 Å². The Morgan fingerprint density at radius 1 is 1.32 bits per heavy atom. The molecule has 22 heavy (non-hydrogen) atoms. The maximum atomic E-state index is 12.3. The van der Waals surface area contributed by atoms with E-state index in [1.54, 1.807) is 0 Å². The molecule has 3 rings (SSSR count). The molecule has 0 spiro atoms. The predicted octanol–water partition coefficient (Wildman–Crippen LogP) is 0.541. The second-order valence-corrected chi connectivity index (χ2v) is 6.78. The minimum absolute atomic E-state index is 0.115. The van der Waals surface area contributed by atoms with Crippen molar-refractivity contribution in [2.45, 2.75) is 32.4 Å². The van der Waals surface area contributed by atoms with Crippen LogP contribution in [0.15, 0.2) is 10.2 Å². The molecule has 2 saturated heterocycles. The van der Waals surface area contributed by atoms with Crippen LogP contribution in [0.3, 0.4) is 0 Å². The number of amides is 1. The highest BCUT2D eigenvalue weighted by Crippen LogP contribution is 2.16. The third-order valence-corrected chi connectivity index (χ3v) is 5.39. The summed E-state index contributed by atoms with van der Waals surface area (Å²) in [5.41, 5.74) is 1.03. The molecular weight excluding hydrogens is 302 g/mol. The summed E-state index contributed by atoms with van der Waals surface area (Å²) >= 11 is 1.26. The Morgan fingerprint density at radius 3 is 2.68 bits per heavy atom. The third-order valence-electron chi connectivity index (χ3n) is 4.51. The number of piperazine rings is 1. The van der Waals surface area contributed by atoms with Crippen molar-refractivity contribution in [3.05, 3.63) is 20.7 Å². The topological polar surface area (TPSA) is 54.8 Å². The zero-order valence-corrected chi connectivity index (χ0v) is 13.8. The number of carbonyl (C=O) groups excluding carboxylic acids is 1. The summed E-state index contributed by atoms with van der Waals surface area (Å²) in [6.45, 7) is 7.54. The van der Waals surface area contributed by atoms with Crippen molar-refractivity contribution in [3.63, 3.8) is 0 Å². The summed E-state index contributed by atoms with van der Waals surface area (Å²) in [4.78, 5) is 28.3. The maximum Gasteiger partial charge on any atom is 0.307 e. The van der Waals surface area contributed by atoms with Crippen molar-refractivity contribution in [2.24, 2.45) is 0 Å². The summed E-state index contributed by atoms with van der Waals surface area (Å²) in [6.07, 6.45) is 1.64. The van der Waals surface area contributed by atoms with Gasteiger partial charge in [-0.25, -0.2) is 0 Å². The average molecular weight is 325 g/mol. The Bertz CT molecular complexity index is 569. The third kappa shape index (κ3) is 3.42. The molecule has 2 aliphatic rings. The highest BCUT2D eigenvalue weighted by atomic mass is 32.1. The first-order chi connectivity index (χ1) is 10.6. The Hall–Kier alpha value is -1.18. The lowest BCUT2D eigenvalue weighted by Gasteiger charge is -2.35. The molecule has 1 atom stereocenters. The number of ether oxygens (including phenoxy) is 1. The first kappa shape index (κ1) is 15.7. The van der Waals surface area contributed by atoms with E-state index < -0.39 is 0 Å². The molecule has 0 unspecified atom stereocenters. The molecule has 6 nitrogen and oxygen atoms in total. The van der Waals surface area contributed by atoms with Crippen molar-refractivity contribution >= 4 is 17.2 Å². The van der Waals surface area contributed by atoms with E-state index in [9.17, 15) is 9.59 Å². The molecule has 0 bridgehead atoms. The van der Waals surface area contributed by atoms with Crippen LogP contribution in [-0.2, 0) is 16.1 Å². The van der Waals surface area contributed by atoms with Crippen molar-refractivity contribution in [1.82, 2.24) is 14.4 Å². The lowest BCUT2D eigenvalue weighted by atomic mass is 10.2. The van der Waals surface area contributed by atoms with Gasteiger partial charge in [0.2, 0.25) is 0 Å². The first-order valence-electron chi connectivity index (χ1n) is 7.93. The van der Waals surface area contributed by atoms with Crippen LogP contribution in [0.4, 0.5) is 0 Å². The fourth-order valence-corrected chi connectivity index (χ4v) is 3.85. The summed E-state index contributed by atoms with van der Waals surface area (Å²) < 4.78 is 7.30. The van der Waals surface area contributed by atoms with Gasteiger partial charge in [-0.2, -0.15) is 0 Å². The number of aromatic nitrogens is 1. The minimum Gasteiger partial charge on any atom is -0.368 e. The van der Waals surface area contributed by atoms with E-state index in [1.165, 1.54) is 11.3 Å². The van der Waals surface area contributed by atoms with Crippen LogP contribution in [0.25, 0.3) is 0 Å². The predicted molar refractivity (Wildman–Crippen MR) is 85.3 cm³/mol. The van der Waals surface area contributed by atoms with E-state index in [0.717, 1.165) is 57.8 Å². The second-order valence-electron chi connectivity index (χ2n) is 5.96. The van der Waals surface area contributed by atoms with Crippen molar-refractivity contribution < 1.29 is 9.53 Å². The number of rotatable bonds is 4. The molecule has 0 aromatic carbocycles.